The van der Waals surface area contributed by atoms with E-state index in [1.807, 2.05) is 25.1 Å². The predicted molar refractivity (Wildman–Crippen MR) is 101 cm³/mol. The van der Waals surface area contributed by atoms with Crippen LogP contribution in [0.25, 0.3) is 0 Å². The molecule has 3 N–H and O–H groups in total. The van der Waals surface area contributed by atoms with E-state index in [2.05, 4.69) is 21.2 Å². The van der Waals surface area contributed by atoms with Gasteiger partial charge in [0.15, 0.2) is 0 Å². The first kappa shape index (κ1) is 18.6. The highest BCUT2D eigenvalue weighted by Crippen LogP contribution is 2.39. The molecule has 0 aromatic heterocycles. The second kappa shape index (κ2) is 7.61. The molecule has 0 fully saturated rings. The van der Waals surface area contributed by atoms with Gasteiger partial charge in [-0.15, -0.1) is 0 Å². The Morgan fingerprint density at radius 2 is 2.08 bits per heavy atom. The van der Waals surface area contributed by atoms with Crippen molar-refractivity contribution in [3.8, 4) is 5.75 Å². The van der Waals surface area contributed by atoms with Crippen molar-refractivity contribution in [2.45, 2.75) is 18.9 Å². The van der Waals surface area contributed by atoms with Gasteiger partial charge in [0, 0.05) is 27.1 Å². The molecule has 6 nitrogen and oxygen atoms in total. The second-order valence-electron chi connectivity index (χ2n) is 6.17. The van der Waals surface area contributed by atoms with Gasteiger partial charge in [-0.05, 0) is 35.8 Å². The van der Waals surface area contributed by atoms with E-state index in [-0.39, 0.29) is 34.5 Å². The maximum absolute atomic E-state index is 12.4. The van der Waals surface area contributed by atoms with E-state index in [1.54, 1.807) is 0 Å². The Labute approximate surface area is 159 Å². The lowest BCUT2D eigenvalue weighted by Gasteiger charge is -2.16. The zero-order valence-electron chi connectivity index (χ0n) is 14.0. The molecule has 0 aliphatic carbocycles. The number of hydrogen-bond acceptors (Lipinski definition) is 5. The van der Waals surface area contributed by atoms with E-state index < -0.39 is 7.12 Å². The summed E-state index contributed by atoms with van der Waals surface area (Å²) in [6.07, 6.45) is 0.301. The number of fused-ring (bicyclic) bond motifs is 1. The lowest BCUT2D eigenvalue weighted by Crippen LogP contribution is -2.37. The number of ether oxygens (including phenoxy) is 1. The zero-order chi connectivity index (χ0) is 18.8. The molecule has 2 aromatic carbocycles. The Morgan fingerprint density at radius 1 is 1.31 bits per heavy atom. The van der Waals surface area contributed by atoms with E-state index in [9.17, 15) is 19.6 Å². The molecule has 1 aliphatic heterocycles. The quantitative estimate of drug-likeness (QED) is 0.502. The molecule has 3 rings (SSSR count). The molecule has 134 valence electrons. The predicted octanol–water partition coefficient (Wildman–Crippen LogP) is 1.24. The first-order valence-corrected chi connectivity index (χ1v) is 8.89. The summed E-state index contributed by atoms with van der Waals surface area (Å²) >= 11 is 3.45. The molecule has 1 amide bonds. The molecule has 0 saturated heterocycles. The van der Waals surface area contributed by atoms with Gasteiger partial charge >= 0.3 is 7.12 Å². The van der Waals surface area contributed by atoms with Crippen LogP contribution in [0.4, 0.5) is 0 Å². The van der Waals surface area contributed by atoms with Crippen LogP contribution in [0.1, 0.15) is 39.1 Å². The first-order valence-electron chi connectivity index (χ1n) is 8.10. The minimum atomic E-state index is -1.77. The summed E-state index contributed by atoms with van der Waals surface area (Å²) in [6, 6.07) is 9.95. The first-order chi connectivity index (χ1) is 12.4. The Hall–Kier alpha value is -2.16. The lowest BCUT2D eigenvalue weighted by atomic mass is 9.77. The minimum Gasteiger partial charge on any atom is -0.488 e. The molecule has 0 bridgehead atoms. The van der Waals surface area contributed by atoms with Crippen LogP contribution in [0, 0.1) is 0 Å². The maximum Gasteiger partial charge on any atom is 0.489 e. The van der Waals surface area contributed by atoms with Crippen molar-refractivity contribution in [1.29, 1.82) is 0 Å². The van der Waals surface area contributed by atoms with Crippen LogP contribution in [-0.2, 0) is 0 Å². The summed E-state index contributed by atoms with van der Waals surface area (Å²) in [4.78, 5) is 23.5. The molecular formula is C18H17BBrNO5. The standard InChI is InChI=1S/C18H17BBrNO5/c1-10-14-7-13(20)3-5-16(14)26-17(10)8-21-18(23)11-2-4-15(19(24)25)12(6-11)9-22/h2-7,9-10,17,24-25H,8H2,1H3,(H,21,23)/t10-,17-/m0/s1. The largest absolute Gasteiger partial charge is 0.489 e. The highest BCUT2D eigenvalue weighted by molar-refractivity contribution is 9.10. The van der Waals surface area contributed by atoms with Crippen LogP contribution in [-0.4, -0.2) is 42.0 Å². The van der Waals surface area contributed by atoms with Crippen LogP contribution in [0.3, 0.4) is 0 Å². The average Bonchev–Trinajstić information content (AvgIpc) is 2.94. The van der Waals surface area contributed by atoms with E-state index in [4.69, 9.17) is 4.74 Å². The Kier molecular flexibility index (Phi) is 5.45. The average molecular weight is 418 g/mol. The van der Waals surface area contributed by atoms with Crippen molar-refractivity contribution in [2.75, 3.05) is 6.54 Å². The van der Waals surface area contributed by atoms with Gasteiger partial charge in [0.05, 0.1) is 6.54 Å². The fourth-order valence-corrected chi connectivity index (χ4v) is 3.39. The number of amides is 1. The summed E-state index contributed by atoms with van der Waals surface area (Å²) in [6.45, 7) is 2.35. The number of aldehydes is 1. The van der Waals surface area contributed by atoms with Gasteiger partial charge in [-0.2, -0.15) is 0 Å². The highest BCUT2D eigenvalue weighted by atomic mass is 79.9. The summed E-state index contributed by atoms with van der Waals surface area (Å²) in [7, 11) is -1.77. The number of carbonyl (C=O) groups excluding carboxylic acids is 2. The smallest absolute Gasteiger partial charge is 0.488 e. The summed E-state index contributed by atoms with van der Waals surface area (Å²) in [5, 5.41) is 21.2. The summed E-state index contributed by atoms with van der Waals surface area (Å²) in [5.74, 6) is 0.574. The number of rotatable bonds is 5. The van der Waals surface area contributed by atoms with E-state index in [1.165, 1.54) is 18.2 Å². The summed E-state index contributed by atoms with van der Waals surface area (Å²) < 4.78 is 6.87. The van der Waals surface area contributed by atoms with Crippen LogP contribution < -0.4 is 15.5 Å². The highest BCUT2D eigenvalue weighted by Gasteiger charge is 2.31. The zero-order valence-corrected chi connectivity index (χ0v) is 15.6. The van der Waals surface area contributed by atoms with Crippen LogP contribution in [0.2, 0.25) is 0 Å². The van der Waals surface area contributed by atoms with E-state index in [0.717, 1.165) is 15.8 Å². The maximum atomic E-state index is 12.4. The van der Waals surface area contributed by atoms with Crippen molar-refractivity contribution in [3.05, 3.63) is 57.6 Å². The molecular weight excluding hydrogens is 401 g/mol. The third-order valence-corrected chi connectivity index (χ3v) is 5.01. The van der Waals surface area contributed by atoms with E-state index >= 15 is 0 Å². The second-order valence-corrected chi connectivity index (χ2v) is 7.09. The van der Waals surface area contributed by atoms with Gasteiger partial charge in [-0.3, -0.25) is 9.59 Å². The molecule has 0 saturated carbocycles. The minimum absolute atomic E-state index is 0.0605. The van der Waals surface area contributed by atoms with Gasteiger partial charge in [0.25, 0.3) is 5.91 Å². The van der Waals surface area contributed by atoms with Crippen molar-refractivity contribution in [2.24, 2.45) is 0 Å². The number of benzene rings is 2. The van der Waals surface area contributed by atoms with Crippen molar-refractivity contribution in [3.63, 3.8) is 0 Å². The van der Waals surface area contributed by atoms with Crippen molar-refractivity contribution >= 4 is 40.7 Å². The molecule has 1 aliphatic rings. The van der Waals surface area contributed by atoms with Gasteiger partial charge in [0.1, 0.15) is 18.1 Å². The fraction of sp³-hybridized carbons (Fsp3) is 0.222. The van der Waals surface area contributed by atoms with Crippen LogP contribution in [0.15, 0.2) is 40.9 Å². The van der Waals surface area contributed by atoms with Crippen molar-refractivity contribution in [1.82, 2.24) is 5.32 Å². The van der Waals surface area contributed by atoms with Gasteiger partial charge in [-0.25, -0.2) is 0 Å². The van der Waals surface area contributed by atoms with E-state index in [0.29, 0.717) is 12.8 Å². The molecule has 0 spiro atoms. The van der Waals surface area contributed by atoms with Crippen LogP contribution in [0.5, 0.6) is 5.75 Å². The van der Waals surface area contributed by atoms with Gasteiger partial charge in [-0.1, -0.05) is 28.9 Å². The Balaban J connectivity index is 1.67. The number of carbonyl (C=O) groups is 2. The molecule has 1 heterocycles. The third-order valence-electron chi connectivity index (χ3n) is 4.52. The SMILES string of the molecule is C[C@H]1c2cc(Br)ccc2O[C@H]1CNC(=O)c1ccc(B(O)O)c(C=O)c1. The Bertz CT molecular complexity index is 857. The molecule has 0 radical (unpaired) electrons. The normalized spacial score (nSPS) is 18.0. The molecule has 2 aromatic rings. The topological polar surface area (TPSA) is 95.9 Å². The monoisotopic (exact) mass is 417 g/mol. The molecule has 8 heteroatoms. The van der Waals surface area contributed by atoms with Crippen LogP contribution >= 0.6 is 15.9 Å². The Morgan fingerprint density at radius 3 is 2.77 bits per heavy atom. The van der Waals surface area contributed by atoms with Gasteiger partial charge in [0.2, 0.25) is 0 Å². The number of hydrogen-bond donors (Lipinski definition) is 3. The number of halogens is 1. The van der Waals surface area contributed by atoms with Crippen molar-refractivity contribution < 1.29 is 24.4 Å². The summed E-state index contributed by atoms with van der Waals surface area (Å²) in [5.41, 5.74) is 1.48. The van der Waals surface area contributed by atoms with Gasteiger partial charge < -0.3 is 20.1 Å². The molecule has 26 heavy (non-hydrogen) atoms. The third kappa shape index (κ3) is 3.67. The lowest BCUT2D eigenvalue weighted by molar-refractivity contribution is 0.0929. The molecule has 0 unspecified atom stereocenters. The fourth-order valence-electron chi connectivity index (χ4n) is 3.01. The number of nitrogens with one attached hydrogen (secondary N) is 1. The molecule has 2 atom stereocenters.